The Morgan fingerprint density at radius 2 is 2.00 bits per heavy atom. The first kappa shape index (κ1) is 14.9. The van der Waals surface area contributed by atoms with Crippen molar-refractivity contribution in [2.24, 2.45) is 0 Å². The molecule has 0 aromatic rings. The van der Waals surface area contributed by atoms with Crippen molar-refractivity contribution in [2.45, 2.75) is 65.0 Å². The average molecular weight is 214 g/mol. The van der Waals surface area contributed by atoms with Crippen LogP contribution in [0, 0.1) is 6.92 Å². The SMILES string of the molecule is [CH2]CC(CCCOC(C)C)NCCCC. The third kappa shape index (κ3) is 10.2. The van der Waals surface area contributed by atoms with Crippen LogP contribution in [-0.2, 0) is 4.74 Å². The van der Waals surface area contributed by atoms with Gasteiger partial charge in [0.2, 0.25) is 0 Å². The molecule has 0 aliphatic heterocycles. The molecule has 1 unspecified atom stereocenters. The van der Waals surface area contributed by atoms with Gasteiger partial charge in [-0.05, 0) is 46.1 Å². The summed E-state index contributed by atoms with van der Waals surface area (Å²) in [4.78, 5) is 0. The second-order valence-electron chi connectivity index (χ2n) is 4.36. The first-order valence-electron chi connectivity index (χ1n) is 6.34. The summed E-state index contributed by atoms with van der Waals surface area (Å²) >= 11 is 0. The minimum absolute atomic E-state index is 0.358. The van der Waals surface area contributed by atoms with E-state index in [4.69, 9.17) is 4.74 Å². The van der Waals surface area contributed by atoms with Gasteiger partial charge in [-0.25, -0.2) is 0 Å². The highest BCUT2D eigenvalue weighted by atomic mass is 16.5. The van der Waals surface area contributed by atoms with E-state index < -0.39 is 0 Å². The van der Waals surface area contributed by atoms with Crippen LogP contribution in [0.25, 0.3) is 0 Å². The number of unbranched alkanes of at least 4 members (excludes halogenated alkanes) is 1. The summed E-state index contributed by atoms with van der Waals surface area (Å²) in [6, 6.07) is 0.576. The molecular weight excluding hydrogens is 186 g/mol. The van der Waals surface area contributed by atoms with Crippen molar-refractivity contribution in [1.29, 1.82) is 0 Å². The number of ether oxygens (including phenoxy) is 1. The lowest BCUT2D eigenvalue weighted by Gasteiger charge is -2.17. The van der Waals surface area contributed by atoms with E-state index in [1.165, 1.54) is 19.3 Å². The Bertz CT molecular complexity index is 126. The maximum atomic E-state index is 5.51. The van der Waals surface area contributed by atoms with Gasteiger partial charge in [-0.3, -0.25) is 0 Å². The van der Waals surface area contributed by atoms with Crippen molar-refractivity contribution in [1.82, 2.24) is 5.32 Å². The van der Waals surface area contributed by atoms with Crippen LogP contribution >= 0.6 is 0 Å². The molecular formula is C13H28NO. The van der Waals surface area contributed by atoms with E-state index >= 15 is 0 Å². The van der Waals surface area contributed by atoms with E-state index in [1.54, 1.807) is 0 Å². The molecule has 0 aromatic heterocycles. The monoisotopic (exact) mass is 214 g/mol. The van der Waals surface area contributed by atoms with Gasteiger partial charge in [0.1, 0.15) is 0 Å². The largest absolute Gasteiger partial charge is 0.379 e. The number of hydrogen-bond acceptors (Lipinski definition) is 2. The fourth-order valence-electron chi connectivity index (χ4n) is 1.48. The standard InChI is InChI=1S/C13H28NO/c1-5-7-10-14-13(6-2)9-8-11-15-12(3)4/h12-14H,2,5-11H2,1,3-4H3. The normalized spacial score (nSPS) is 13.4. The van der Waals surface area contributed by atoms with Crippen LogP contribution < -0.4 is 5.32 Å². The first-order chi connectivity index (χ1) is 7.20. The highest BCUT2D eigenvalue weighted by molar-refractivity contribution is 4.67. The molecule has 0 rings (SSSR count). The second-order valence-corrected chi connectivity index (χ2v) is 4.36. The molecule has 0 heterocycles. The molecule has 0 saturated carbocycles. The molecule has 2 nitrogen and oxygen atoms in total. The smallest absolute Gasteiger partial charge is 0.0518 e. The van der Waals surface area contributed by atoms with E-state index in [1.807, 2.05) is 0 Å². The Morgan fingerprint density at radius 3 is 2.53 bits per heavy atom. The van der Waals surface area contributed by atoms with E-state index in [0.717, 1.165) is 26.0 Å². The Morgan fingerprint density at radius 1 is 1.27 bits per heavy atom. The zero-order valence-electron chi connectivity index (χ0n) is 10.7. The van der Waals surface area contributed by atoms with Crippen LogP contribution in [0.2, 0.25) is 0 Å². The van der Waals surface area contributed by atoms with Crippen LogP contribution in [0.3, 0.4) is 0 Å². The van der Waals surface area contributed by atoms with Gasteiger partial charge in [0.25, 0.3) is 0 Å². The number of rotatable bonds is 10. The summed E-state index contributed by atoms with van der Waals surface area (Å²) in [5.41, 5.74) is 0. The molecule has 0 amide bonds. The molecule has 2 heteroatoms. The fraction of sp³-hybridized carbons (Fsp3) is 0.923. The predicted octanol–water partition coefficient (Wildman–Crippen LogP) is 3.17. The Hall–Kier alpha value is -0.0800. The molecule has 0 aromatic carbocycles. The highest BCUT2D eigenvalue weighted by Crippen LogP contribution is 2.03. The molecule has 1 N–H and O–H groups in total. The highest BCUT2D eigenvalue weighted by Gasteiger charge is 2.04. The summed E-state index contributed by atoms with van der Waals surface area (Å²) in [6.07, 6.45) is 6.17. The van der Waals surface area contributed by atoms with Gasteiger partial charge in [-0.2, -0.15) is 0 Å². The summed E-state index contributed by atoms with van der Waals surface area (Å²) in [6.45, 7) is 12.4. The quantitative estimate of drug-likeness (QED) is 0.564. The first-order valence-corrected chi connectivity index (χ1v) is 6.34. The lowest BCUT2D eigenvalue weighted by atomic mass is 10.1. The Kier molecular flexibility index (Phi) is 10.4. The van der Waals surface area contributed by atoms with Crippen LogP contribution in [0.4, 0.5) is 0 Å². The van der Waals surface area contributed by atoms with Crippen molar-refractivity contribution in [3.8, 4) is 0 Å². The van der Waals surface area contributed by atoms with E-state index in [0.29, 0.717) is 12.1 Å². The average Bonchev–Trinajstić information content (AvgIpc) is 2.21. The summed E-state index contributed by atoms with van der Waals surface area (Å²) in [5.74, 6) is 0. The second kappa shape index (κ2) is 10.4. The maximum absolute atomic E-state index is 5.51. The van der Waals surface area contributed by atoms with E-state index in [9.17, 15) is 0 Å². The van der Waals surface area contributed by atoms with Gasteiger partial charge in [0.05, 0.1) is 6.10 Å². The molecule has 0 saturated heterocycles. The van der Waals surface area contributed by atoms with Crippen molar-refractivity contribution in [3.05, 3.63) is 6.92 Å². The van der Waals surface area contributed by atoms with Crippen molar-refractivity contribution >= 4 is 0 Å². The zero-order chi connectivity index (χ0) is 11.5. The lowest BCUT2D eigenvalue weighted by molar-refractivity contribution is 0.0745. The van der Waals surface area contributed by atoms with Crippen LogP contribution in [0.15, 0.2) is 0 Å². The summed E-state index contributed by atoms with van der Waals surface area (Å²) in [7, 11) is 0. The minimum atomic E-state index is 0.358. The molecule has 15 heavy (non-hydrogen) atoms. The fourth-order valence-corrected chi connectivity index (χ4v) is 1.48. The van der Waals surface area contributed by atoms with Crippen LogP contribution in [0.1, 0.15) is 52.9 Å². The Labute approximate surface area is 95.8 Å². The van der Waals surface area contributed by atoms with E-state index in [-0.39, 0.29) is 0 Å². The van der Waals surface area contributed by atoms with Gasteiger partial charge < -0.3 is 10.1 Å². The molecule has 0 bridgehead atoms. The number of nitrogens with one attached hydrogen (secondary N) is 1. The molecule has 91 valence electrons. The van der Waals surface area contributed by atoms with Gasteiger partial charge in [0, 0.05) is 12.6 Å². The lowest BCUT2D eigenvalue weighted by Crippen LogP contribution is -2.29. The molecule has 0 fully saturated rings. The summed E-state index contributed by atoms with van der Waals surface area (Å²) in [5, 5.41) is 3.54. The van der Waals surface area contributed by atoms with E-state index in [2.05, 4.69) is 33.0 Å². The predicted molar refractivity (Wildman–Crippen MR) is 67.0 cm³/mol. The maximum Gasteiger partial charge on any atom is 0.0518 e. The van der Waals surface area contributed by atoms with Crippen LogP contribution in [0.5, 0.6) is 0 Å². The van der Waals surface area contributed by atoms with Gasteiger partial charge in [0.15, 0.2) is 0 Å². The van der Waals surface area contributed by atoms with Crippen LogP contribution in [-0.4, -0.2) is 25.3 Å². The van der Waals surface area contributed by atoms with Gasteiger partial charge in [-0.1, -0.05) is 20.3 Å². The zero-order valence-corrected chi connectivity index (χ0v) is 10.7. The van der Waals surface area contributed by atoms with Crippen molar-refractivity contribution in [2.75, 3.05) is 13.2 Å². The van der Waals surface area contributed by atoms with Gasteiger partial charge in [-0.15, -0.1) is 0 Å². The van der Waals surface area contributed by atoms with Crippen molar-refractivity contribution in [3.63, 3.8) is 0 Å². The summed E-state index contributed by atoms with van der Waals surface area (Å²) < 4.78 is 5.51. The number of hydrogen-bond donors (Lipinski definition) is 1. The molecule has 1 atom stereocenters. The molecule has 0 spiro atoms. The molecule has 0 aliphatic carbocycles. The Balaban J connectivity index is 3.35. The molecule has 1 radical (unpaired) electrons. The molecule has 0 aliphatic rings. The van der Waals surface area contributed by atoms with Gasteiger partial charge >= 0.3 is 0 Å². The topological polar surface area (TPSA) is 21.3 Å². The van der Waals surface area contributed by atoms with Crippen molar-refractivity contribution < 1.29 is 4.74 Å². The third-order valence-electron chi connectivity index (χ3n) is 2.46. The minimum Gasteiger partial charge on any atom is -0.379 e. The third-order valence-corrected chi connectivity index (χ3v) is 2.46.